The fraction of sp³-hybridized carbons (Fsp3) is 0.571. The summed E-state index contributed by atoms with van der Waals surface area (Å²) in [6.45, 7) is 16.9. The molecule has 0 atom stereocenters. The maximum atomic E-state index is 5.79. The molecule has 0 unspecified atom stereocenters. The first kappa shape index (κ1) is 15.2. The monoisotopic (exact) mass is 238 g/mol. The van der Waals surface area contributed by atoms with Gasteiger partial charge in [0.05, 0.1) is 5.76 Å². The van der Waals surface area contributed by atoms with Crippen LogP contribution in [0.1, 0.15) is 33.6 Å². The molecule has 0 aromatic heterocycles. The number of hydrogen-bond donors (Lipinski definition) is 0. The SMILES string of the molecule is C=C(C=C(C)CCC=C(C)C)O[Si](C)(C)C. The summed E-state index contributed by atoms with van der Waals surface area (Å²) in [6.07, 6.45) is 6.51. The topological polar surface area (TPSA) is 9.23 Å². The van der Waals surface area contributed by atoms with Crippen molar-refractivity contribution in [3.05, 3.63) is 35.6 Å². The maximum Gasteiger partial charge on any atom is 0.242 e. The zero-order valence-corrected chi connectivity index (χ0v) is 12.7. The Morgan fingerprint density at radius 1 is 1.19 bits per heavy atom. The highest BCUT2D eigenvalue weighted by atomic mass is 28.4. The van der Waals surface area contributed by atoms with E-state index in [1.807, 2.05) is 0 Å². The minimum Gasteiger partial charge on any atom is -0.545 e. The van der Waals surface area contributed by atoms with Crippen LogP contribution >= 0.6 is 0 Å². The van der Waals surface area contributed by atoms with E-state index in [-0.39, 0.29) is 0 Å². The van der Waals surface area contributed by atoms with E-state index in [2.05, 4.69) is 59.1 Å². The molecule has 0 amide bonds. The van der Waals surface area contributed by atoms with Crippen LogP contribution in [-0.4, -0.2) is 8.32 Å². The van der Waals surface area contributed by atoms with Gasteiger partial charge in [-0.1, -0.05) is 23.8 Å². The van der Waals surface area contributed by atoms with Crippen molar-refractivity contribution in [2.24, 2.45) is 0 Å². The van der Waals surface area contributed by atoms with Crippen LogP contribution < -0.4 is 0 Å². The van der Waals surface area contributed by atoms with Crippen molar-refractivity contribution in [3.8, 4) is 0 Å². The smallest absolute Gasteiger partial charge is 0.242 e. The lowest BCUT2D eigenvalue weighted by atomic mass is 10.1. The highest BCUT2D eigenvalue weighted by Gasteiger charge is 2.15. The average Bonchev–Trinajstić information content (AvgIpc) is 1.98. The van der Waals surface area contributed by atoms with Gasteiger partial charge >= 0.3 is 0 Å². The Morgan fingerprint density at radius 3 is 2.19 bits per heavy atom. The minimum absolute atomic E-state index is 0.814. The van der Waals surface area contributed by atoms with Crippen LogP contribution in [-0.2, 0) is 4.43 Å². The van der Waals surface area contributed by atoms with E-state index in [9.17, 15) is 0 Å². The molecule has 16 heavy (non-hydrogen) atoms. The maximum absolute atomic E-state index is 5.79. The van der Waals surface area contributed by atoms with Crippen LogP contribution in [0.15, 0.2) is 35.6 Å². The molecule has 0 fully saturated rings. The Labute approximate surface area is 102 Å². The summed E-state index contributed by atoms with van der Waals surface area (Å²) < 4.78 is 5.79. The minimum atomic E-state index is -1.49. The second-order valence-electron chi connectivity index (χ2n) is 5.49. The first-order valence-electron chi connectivity index (χ1n) is 5.89. The van der Waals surface area contributed by atoms with Crippen molar-refractivity contribution in [1.82, 2.24) is 0 Å². The quantitative estimate of drug-likeness (QED) is 0.272. The molecule has 0 heterocycles. The molecule has 0 N–H and O–H groups in total. The van der Waals surface area contributed by atoms with Gasteiger partial charge in [0.1, 0.15) is 0 Å². The average molecular weight is 238 g/mol. The lowest BCUT2D eigenvalue weighted by molar-refractivity contribution is 0.443. The van der Waals surface area contributed by atoms with Gasteiger partial charge in [0, 0.05) is 0 Å². The third kappa shape index (κ3) is 9.78. The highest BCUT2D eigenvalue weighted by molar-refractivity contribution is 6.70. The van der Waals surface area contributed by atoms with Crippen molar-refractivity contribution < 1.29 is 4.43 Å². The molecule has 0 aliphatic rings. The van der Waals surface area contributed by atoms with Crippen molar-refractivity contribution in [1.29, 1.82) is 0 Å². The molecule has 0 radical (unpaired) electrons. The third-order valence-electron chi connectivity index (χ3n) is 1.94. The van der Waals surface area contributed by atoms with Crippen LogP contribution in [0.2, 0.25) is 19.6 Å². The van der Waals surface area contributed by atoms with Crippen molar-refractivity contribution >= 4 is 8.32 Å². The van der Waals surface area contributed by atoms with E-state index in [0.717, 1.165) is 18.6 Å². The summed E-state index contributed by atoms with van der Waals surface area (Å²) in [5.74, 6) is 0.814. The highest BCUT2D eigenvalue weighted by Crippen LogP contribution is 2.14. The van der Waals surface area contributed by atoms with Gasteiger partial charge in [0.15, 0.2) is 0 Å². The summed E-state index contributed by atoms with van der Waals surface area (Å²) in [7, 11) is -1.49. The number of rotatable bonds is 6. The van der Waals surface area contributed by atoms with Gasteiger partial charge in [-0.25, -0.2) is 0 Å². The molecule has 92 valence electrons. The number of hydrogen-bond acceptors (Lipinski definition) is 1. The molecule has 0 rings (SSSR count). The molecule has 0 aliphatic heterocycles. The Kier molecular flexibility index (Phi) is 6.42. The Balaban J connectivity index is 4.12. The summed E-state index contributed by atoms with van der Waals surface area (Å²) in [5.41, 5.74) is 2.71. The van der Waals surface area contributed by atoms with Crippen LogP contribution in [0.3, 0.4) is 0 Å². The summed E-state index contributed by atoms with van der Waals surface area (Å²) in [5, 5.41) is 0. The van der Waals surface area contributed by atoms with Gasteiger partial charge in [-0.15, -0.1) is 0 Å². The first-order valence-corrected chi connectivity index (χ1v) is 9.30. The molecular formula is C14H26OSi. The molecule has 0 bridgehead atoms. The standard InChI is InChI=1S/C14H26OSi/c1-12(2)9-8-10-13(3)11-14(4)15-16(5,6)7/h9,11H,4,8,10H2,1-3,5-7H3. The van der Waals surface area contributed by atoms with Crippen molar-refractivity contribution in [2.75, 3.05) is 0 Å². The van der Waals surface area contributed by atoms with E-state index < -0.39 is 8.32 Å². The van der Waals surface area contributed by atoms with E-state index in [1.54, 1.807) is 0 Å². The molecule has 0 aromatic rings. The number of allylic oxidation sites excluding steroid dienone is 4. The second kappa shape index (κ2) is 6.74. The molecule has 0 saturated carbocycles. The normalized spacial score (nSPS) is 12.2. The largest absolute Gasteiger partial charge is 0.545 e. The van der Waals surface area contributed by atoms with Crippen LogP contribution in [0, 0.1) is 0 Å². The molecule has 1 nitrogen and oxygen atoms in total. The summed E-state index contributed by atoms with van der Waals surface area (Å²) >= 11 is 0. The van der Waals surface area contributed by atoms with E-state index in [4.69, 9.17) is 4.43 Å². The van der Waals surface area contributed by atoms with Gasteiger partial charge in [-0.3, -0.25) is 0 Å². The van der Waals surface area contributed by atoms with Crippen LogP contribution in [0.25, 0.3) is 0 Å². The Bertz CT molecular complexity index is 288. The van der Waals surface area contributed by atoms with E-state index in [1.165, 1.54) is 11.1 Å². The predicted molar refractivity (Wildman–Crippen MR) is 76.0 cm³/mol. The van der Waals surface area contributed by atoms with E-state index in [0.29, 0.717) is 0 Å². The summed E-state index contributed by atoms with van der Waals surface area (Å²) in [6, 6.07) is 0. The van der Waals surface area contributed by atoms with Crippen LogP contribution in [0.4, 0.5) is 0 Å². The predicted octanol–water partition coefficient (Wildman–Crippen LogP) is 5.04. The molecule has 0 aliphatic carbocycles. The molecule has 0 spiro atoms. The van der Waals surface area contributed by atoms with Crippen LogP contribution in [0.5, 0.6) is 0 Å². The van der Waals surface area contributed by atoms with Gasteiger partial charge in [-0.2, -0.15) is 0 Å². The molecule has 2 heteroatoms. The third-order valence-corrected chi connectivity index (χ3v) is 2.81. The Hall–Kier alpha value is -0.763. The fourth-order valence-electron chi connectivity index (χ4n) is 1.36. The van der Waals surface area contributed by atoms with Gasteiger partial charge in [-0.05, 0) is 59.3 Å². The zero-order valence-electron chi connectivity index (χ0n) is 11.7. The van der Waals surface area contributed by atoms with Crippen molar-refractivity contribution in [2.45, 2.75) is 53.3 Å². The lowest BCUT2D eigenvalue weighted by Gasteiger charge is -2.19. The van der Waals surface area contributed by atoms with Crippen molar-refractivity contribution in [3.63, 3.8) is 0 Å². The van der Waals surface area contributed by atoms with Gasteiger partial charge in [0.25, 0.3) is 0 Å². The van der Waals surface area contributed by atoms with Gasteiger partial charge in [0.2, 0.25) is 8.32 Å². The molecular weight excluding hydrogens is 212 g/mol. The first-order chi connectivity index (χ1) is 7.20. The lowest BCUT2D eigenvalue weighted by Crippen LogP contribution is -2.24. The summed E-state index contributed by atoms with van der Waals surface area (Å²) in [4.78, 5) is 0. The Morgan fingerprint density at radius 2 is 1.75 bits per heavy atom. The molecule has 0 aromatic carbocycles. The molecule has 0 saturated heterocycles. The fourth-order valence-corrected chi connectivity index (χ4v) is 2.20. The zero-order chi connectivity index (χ0) is 12.8. The second-order valence-corrected chi connectivity index (χ2v) is 9.92. The van der Waals surface area contributed by atoms with E-state index >= 15 is 0 Å². The van der Waals surface area contributed by atoms with Gasteiger partial charge < -0.3 is 4.43 Å².